The minimum absolute atomic E-state index is 0.115. The van der Waals surface area contributed by atoms with Crippen molar-refractivity contribution in [3.8, 4) is 0 Å². The van der Waals surface area contributed by atoms with E-state index in [4.69, 9.17) is 0 Å². The van der Waals surface area contributed by atoms with E-state index >= 15 is 0 Å². The van der Waals surface area contributed by atoms with Gasteiger partial charge in [-0.15, -0.1) is 0 Å². The van der Waals surface area contributed by atoms with E-state index < -0.39 is 23.2 Å². The highest BCUT2D eigenvalue weighted by atomic mass is 16.4. The molecule has 0 aliphatic heterocycles. The van der Waals surface area contributed by atoms with Crippen LogP contribution >= 0.6 is 0 Å². The maximum atomic E-state index is 12.6. The highest BCUT2D eigenvalue weighted by Gasteiger charge is 2.65. The zero-order chi connectivity index (χ0) is 20.5. The van der Waals surface area contributed by atoms with Crippen LogP contribution in [0, 0.1) is 17.3 Å². The molecule has 1 fully saturated rings. The predicted molar refractivity (Wildman–Crippen MR) is 106 cm³/mol. The fourth-order valence-electron chi connectivity index (χ4n) is 3.65. The van der Waals surface area contributed by atoms with Crippen LogP contribution in [0.15, 0.2) is 54.6 Å². The highest BCUT2D eigenvalue weighted by molar-refractivity contribution is 6.00. The summed E-state index contributed by atoms with van der Waals surface area (Å²) in [5.74, 6) is -2.59. The van der Waals surface area contributed by atoms with Gasteiger partial charge in [0.15, 0.2) is 0 Å². The molecule has 2 aromatic carbocycles. The third kappa shape index (κ3) is 3.91. The first-order chi connectivity index (χ1) is 13.2. The second kappa shape index (κ2) is 7.46. The number of nitrogens with one attached hydrogen (secondary N) is 1. The summed E-state index contributed by atoms with van der Waals surface area (Å²) in [4.78, 5) is 37.8. The van der Waals surface area contributed by atoms with E-state index in [2.05, 4.69) is 5.32 Å². The number of anilines is 1. The van der Waals surface area contributed by atoms with Gasteiger partial charge in [0, 0.05) is 24.8 Å². The summed E-state index contributed by atoms with van der Waals surface area (Å²) in [5, 5.41) is 12.0. The number of rotatable bonds is 6. The van der Waals surface area contributed by atoms with Crippen LogP contribution in [0.5, 0.6) is 0 Å². The van der Waals surface area contributed by atoms with E-state index in [0.29, 0.717) is 17.8 Å². The number of hydrogen-bond acceptors (Lipinski definition) is 3. The summed E-state index contributed by atoms with van der Waals surface area (Å²) in [6, 6.07) is 16.4. The normalized spacial score (nSPS) is 19.5. The Balaban J connectivity index is 1.61. The van der Waals surface area contributed by atoms with E-state index in [1.165, 1.54) is 0 Å². The Morgan fingerprint density at radius 2 is 1.61 bits per heavy atom. The lowest BCUT2D eigenvalue weighted by molar-refractivity contribution is -0.140. The number of benzene rings is 2. The van der Waals surface area contributed by atoms with Crippen LogP contribution in [0.2, 0.25) is 0 Å². The smallest absolute Gasteiger partial charge is 0.307 e. The Kier molecular flexibility index (Phi) is 5.23. The van der Waals surface area contributed by atoms with Crippen LogP contribution in [0.3, 0.4) is 0 Å². The first-order valence-electron chi connectivity index (χ1n) is 9.15. The van der Waals surface area contributed by atoms with Gasteiger partial charge in [-0.2, -0.15) is 0 Å². The number of carbonyl (C=O) groups excluding carboxylic acids is 2. The number of amides is 2. The number of carboxylic acids is 1. The second-order valence-electron chi connectivity index (χ2n) is 7.83. The summed E-state index contributed by atoms with van der Waals surface area (Å²) < 4.78 is 0. The third-order valence-corrected chi connectivity index (χ3v) is 5.38. The van der Waals surface area contributed by atoms with Crippen molar-refractivity contribution in [3.63, 3.8) is 0 Å². The third-order valence-electron chi connectivity index (χ3n) is 5.38. The maximum Gasteiger partial charge on any atom is 0.307 e. The Morgan fingerprint density at radius 3 is 2.14 bits per heavy atom. The van der Waals surface area contributed by atoms with E-state index in [1.54, 1.807) is 50.1 Å². The topological polar surface area (TPSA) is 86.7 Å². The number of carboxylic acid groups (broad SMARTS) is 1. The van der Waals surface area contributed by atoms with Gasteiger partial charge in [-0.1, -0.05) is 44.2 Å². The Bertz CT molecular complexity index is 891. The molecule has 0 radical (unpaired) electrons. The Hall–Kier alpha value is -3.15. The van der Waals surface area contributed by atoms with Crippen molar-refractivity contribution in [1.29, 1.82) is 0 Å². The first kappa shape index (κ1) is 19.6. The number of aliphatic carboxylic acids is 1. The van der Waals surface area contributed by atoms with Crippen LogP contribution in [-0.2, 0) is 16.1 Å². The summed E-state index contributed by atoms with van der Waals surface area (Å²) in [7, 11) is 1.74. The number of carbonyl (C=O) groups is 3. The lowest BCUT2D eigenvalue weighted by atomic mass is 10.1. The van der Waals surface area contributed by atoms with Crippen molar-refractivity contribution in [2.75, 3.05) is 12.4 Å². The average molecular weight is 380 g/mol. The molecule has 3 rings (SSSR count). The lowest BCUT2D eigenvalue weighted by Gasteiger charge is -2.17. The van der Waals surface area contributed by atoms with Crippen molar-refractivity contribution in [3.05, 3.63) is 65.7 Å². The fourth-order valence-corrected chi connectivity index (χ4v) is 3.65. The second-order valence-corrected chi connectivity index (χ2v) is 7.83. The number of nitrogens with zero attached hydrogens (tertiary/aromatic N) is 1. The molecule has 6 heteroatoms. The Morgan fingerprint density at radius 1 is 1.00 bits per heavy atom. The van der Waals surface area contributed by atoms with Gasteiger partial charge in [0.1, 0.15) is 0 Å². The van der Waals surface area contributed by atoms with E-state index in [0.717, 1.165) is 5.56 Å². The molecule has 0 bridgehead atoms. The molecular weight excluding hydrogens is 356 g/mol. The zero-order valence-electron chi connectivity index (χ0n) is 16.2. The van der Waals surface area contributed by atoms with Crippen LogP contribution in [0.4, 0.5) is 5.69 Å². The van der Waals surface area contributed by atoms with Gasteiger partial charge in [-0.05, 0) is 35.2 Å². The van der Waals surface area contributed by atoms with E-state index in [-0.39, 0.29) is 11.8 Å². The molecule has 2 N–H and O–H groups in total. The molecule has 2 atom stereocenters. The number of hydrogen-bond donors (Lipinski definition) is 2. The molecule has 6 nitrogen and oxygen atoms in total. The zero-order valence-corrected chi connectivity index (χ0v) is 16.2. The largest absolute Gasteiger partial charge is 0.481 e. The standard InChI is InChI=1S/C22H24N2O4/c1-22(2)17(18(22)21(27)28)19(25)23-16-11-9-15(10-12-16)20(26)24(3)13-14-7-5-4-6-8-14/h4-12,17-18H,13H2,1-3H3,(H,23,25)(H,27,28)/t17-,18+/m0/s1. The fraction of sp³-hybridized carbons (Fsp3) is 0.318. The molecule has 1 aliphatic rings. The van der Waals surface area contributed by atoms with Crippen molar-refractivity contribution in [2.24, 2.45) is 17.3 Å². The van der Waals surface area contributed by atoms with Gasteiger partial charge in [-0.25, -0.2) is 0 Å². The van der Waals surface area contributed by atoms with Crippen LogP contribution < -0.4 is 5.32 Å². The molecule has 0 aromatic heterocycles. The van der Waals surface area contributed by atoms with Crippen molar-refractivity contribution >= 4 is 23.5 Å². The van der Waals surface area contributed by atoms with Gasteiger partial charge >= 0.3 is 5.97 Å². The minimum Gasteiger partial charge on any atom is -0.481 e. The van der Waals surface area contributed by atoms with Gasteiger partial charge in [-0.3, -0.25) is 14.4 Å². The molecule has 2 amide bonds. The Labute approximate surface area is 164 Å². The molecule has 146 valence electrons. The monoisotopic (exact) mass is 380 g/mol. The summed E-state index contributed by atoms with van der Waals surface area (Å²) in [6.45, 7) is 4.06. The average Bonchev–Trinajstić information content (AvgIpc) is 3.25. The predicted octanol–water partition coefficient (Wildman–Crippen LogP) is 3.25. The van der Waals surface area contributed by atoms with Gasteiger partial charge in [0.25, 0.3) is 5.91 Å². The van der Waals surface area contributed by atoms with E-state index in [1.807, 2.05) is 30.3 Å². The summed E-state index contributed by atoms with van der Waals surface area (Å²) >= 11 is 0. The molecule has 1 saturated carbocycles. The van der Waals surface area contributed by atoms with Crippen molar-refractivity contribution in [2.45, 2.75) is 20.4 Å². The molecule has 0 saturated heterocycles. The SMILES string of the molecule is CN(Cc1ccccc1)C(=O)c1ccc(NC(=O)[C@@H]2[C@H](C(=O)O)C2(C)C)cc1. The molecule has 28 heavy (non-hydrogen) atoms. The van der Waals surface area contributed by atoms with Crippen molar-refractivity contribution in [1.82, 2.24) is 4.90 Å². The van der Waals surface area contributed by atoms with Crippen LogP contribution in [0.25, 0.3) is 0 Å². The molecule has 0 spiro atoms. The van der Waals surface area contributed by atoms with Gasteiger partial charge < -0.3 is 15.3 Å². The van der Waals surface area contributed by atoms with Gasteiger partial charge in [0.2, 0.25) is 5.91 Å². The lowest BCUT2D eigenvalue weighted by Crippen LogP contribution is -2.26. The molecule has 1 aliphatic carbocycles. The summed E-state index contributed by atoms with van der Waals surface area (Å²) in [5.41, 5.74) is 1.55. The minimum atomic E-state index is -0.951. The molecule has 2 aromatic rings. The summed E-state index contributed by atoms with van der Waals surface area (Å²) in [6.07, 6.45) is 0. The van der Waals surface area contributed by atoms with Crippen LogP contribution in [0.1, 0.15) is 29.8 Å². The van der Waals surface area contributed by atoms with Gasteiger partial charge in [0.05, 0.1) is 11.8 Å². The quantitative estimate of drug-likeness (QED) is 0.805. The molecule has 0 heterocycles. The van der Waals surface area contributed by atoms with Crippen LogP contribution in [-0.4, -0.2) is 34.8 Å². The molecular formula is C22H24N2O4. The molecule has 0 unspecified atom stereocenters. The maximum absolute atomic E-state index is 12.6. The first-order valence-corrected chi connectivity index (χ1v) is 9.15. The highest BCUT2D eigenvalue weighted by Crippen LogP contribution is 2.58. The van der Waals surface area contributed by atoms with E-state index in [9.17, 15) is 19.5 Å². The van der Waals surface area contributed by atoms with Crippen molar-refractivity contribution < 1.29 is 19.5 Å².